The van der Waals surface area contributed by atoms with Gasteiger partial charge < -0.3 is 0 Å². The lowest BCUT2D eigenvalue weighted by Gasteiger charge is -2.15. The molecule has 4 nitrogen and oxygen atoms in total. The van der Waals surface area contributed by atoms with Gasteiger partial charge in [-0.25, -0.2) is 0 Å². The molecule has 2 aromatic carbocycles. The highest BCUT2D eigenvalue weighted by Gasteiger charge is 2.18. The van der Waals surface area contributed by atoms with Gasteiger partial charge in [-0.3, -0.25) is 20.4 Å². The van der Waals surface area contributed by atoms with E-state index in [1.807, 2.05) is 37.3 Å². The molecule has 0 spiro atoms. The molecule has 0 aliphatic heterocycles. The van der Waals surface area contributed by atoms with Gasteiger partial charge in [-0.2, -0.15) is 0 Å². The zero-order chi connectivity index (χ0) is 16.7. The summed E-state index contributed by atoms with van der Waals surface area (Å²) in [5, 5.41) is 0.621. The standard InChI is InChI=1S/C18H19ClN2O2/c1-2-16(14-6-4-3-5-7-14)18(23)21-20-17(22)12-13-8-10-15(19)11-9-13/h3-11,16H,2,12H2,1H3,(H,20,22)(H,21,23). The topological polar surface area (TPSA) is 58.2 Å². The van der Waals surface area contributed by atoms with Crippen molar-refractivity contribution < 1.29 is 9.59 Å². The summed E-state index contributed by atoms with van der Waals surface area (Å²) in [7, 11) is 0. The fraction of sp³-hybridized carbons (Fsp3) is 0.222. The lowest BCUT2D eigenvalue weighted by atomic mass is 9.96. The van der Waals surface area contributed by atoms with Crippen LogP contribution >= 0.6 is 11.6 Å². The van der Waals surface area contributed by atoms with Gasteiger partial charge in [0.25, 0.3) is 0 Å². The highest BCUT2D eigenvalue weighted by Crippen LogP contribution is 2.18. The van der Waals surface area contributed by atoms with Crippen LogP contribution in [0.1, 0.15) is 30.4 Å². The summed E-state index contributed by atoms with van der Waals surface area (Å²) in [4.78, 5) is 24.1. The van der Waals surface area contributed by atoms with Crippen molar-refractivity contribution in [3.8, 4) is 0 Å². The van der Waals surface area contributed by atoms with Crippen molar-refractivity contribution in [2.75, 3.05) is 0 Å². The summed E-state index contributed by atoms with van der Waals surface area (Å²) in [6.07, 6.45) is 0.836. The Bertz CT molecular complexity index is 656. The molecule has 1 unspecified atom stereocenters. The SMILES string of the molecule is CCC(C(=O)NNC(=O)Cc1ccc(Cl)cc1)c1ccccc1. The van der Waals surface area contributed by atoms with Gasteiger partial charge in [0.05, 0.1) is 12.3 Å². The third kappa shape index (κ3) is 5.11. The van der Waals surface area contributed by atoms with Gasteiger partial charge in [-0.1, -0.05) is 61.0 Å². The highest BCUT2D eigenvalue weighted by atomic mass is 35.5. The first kappa shape index (κ1) is 17.0. The molecule has 0 bridgehead atoms. The second-order valence-corrected chi connectivity index (χ2v) is 5.65. The molecular formula is C18H19ClN2O2. The molecule has 23 heavy (non-hydrogen) atoms. The summed E-state index contributed by atoms with van der Waals surface area (Å²) >= 11 is 5.80. The van der Waals surface area contributed by atoms with Crippen molar-refractivity contribution in [2.24, 2.45) is 0 Å². The third-order valence-corrected chi connectivity index (χ3v) is 3.78. The van der Waals surface area contributed by atoms with E-state index in [0.29, 0.717) is 11.4 Å². The van der Waals surface area contributed by atoms with Crippen molar-refractivity contribution in [3.05, 3.63) is 70.7 Å². The van der Waals surface area contributed by atoms with E-state index in [2.05, 4.69) is 10.9 Å². The monoisotopic (exact) mass is 330 g/mol. The Balaban J connectivity index is 1.87. The van der Waals surface area contributed by atoms with Crippen LogP contribution in [-0.4, -0.2) is 11.8 Å². The van der Waals surface area contributed by atoms with E-state index in [1.165, 1.54) is 0 Å². The molecule has 120 valence electrons. The molecule has 0 aliphatic rings. The smallest absolute Gasteiger partial charge is 0.245 e. The molecule has 2 amide bonds. The highest BCUT2D eigenvalue weighted by molar-refractivity contribution is 6.30. The number of amides is 2. The third-order valence-electron chi connectivity index (χ3n) is 3.53. The fourth-order valence-corrected chi connectivity index (χ4v) is 2.43. The zero-order valence-electron chi connectivity index (χ0n) is 12.9. The van der Waals surface area contributed by atoms with Crippen molar-refractivity contribution >= 4 is 23.4 Å². The Labute approximate surface area is 140 Å². The minimum atomic E-state index is -0.285. The van der Waals surface area contributed by atoms with Crippen LogP contribution < -0.4 is 10.9 Å². The molecule has 0 aromatic heterocycles. The predicted octanol–water partition coefficient (Wildman–Crippen LogP) is 3.22. The Morgan fingerprint density at radius 1 is 1.00 bits per heavy atom. The predicted molar refractivity (Wildman–Crippen MR) is 90.9 cm³/mol. The van der Waals surface area contributed by atoms with E-state index in [0.717, 1.165) is 11.1 Å². The van der Waals surface area contributed by atoms with Crippen LogP contribution in [0.25, 0.3) is 0 Å². The number of nitrogens with one attached hydrogen (secondary N) is 2. The Morgan fingerprint density at radius 2 is 1.65 bits per heavy atom. The molecule has 2 aromatic rings. The van der Waals surface area contributed by atoms with Crippen molar-refractivity contribution in [1.29, 1.82) is 0 Å². The molecule has 0 saturated heterocycles. The molecule has 0 saturated carbocycles. The van der Waals surface area contributed by atoms with E-state index in [1.54, 1.807) is 24.3 Å². The number of carbonyl (C=O) groups is 2. The maximum atomic E-state index is 12.2. The average Bonchev–Trinajstić information content (AvgIpc) is 2.57. The number of hydrazine groups is 1. The lowest BCUT2D eigenvalue weighted by Crippen LogP contribution is -2.44. The molecule has 2 rings (SSSR count). The number of benzene rings is 2. The summed E-state index contributed by atoms with van der Waals surface area (Å²) in [5.74, 6) is -0.779. The van der Waals surface area contributed by atoms with E-state index < -0.39 is 0 Å². The van der Waals surface area contributed by atoms with Crippen LogP contribution in [-0.2, 0) is 16.0 Å². The van der Waals surface area contributed by atoms with Crippen LogP contribution in [0.5, 0.6) is 0 Å². The molecule has 0 radical (unpaired) electrons. The maximum absolute atomic E-state index is 12.2. The van der Waals surface area contributed by atoms with E-state index in [4.69, 9.17) is 11.6 Å². The molecule has 5 heteroatoms. The quantitative estimate of drug-likeness (QED) is 0.827. The summed E-state index contributed by atoms with van der Waals surface area (Å²) in [6, 6.07) is 16.5. The molecule has 0 heterocycles. The van der Waals surface area contributed by atoms with E-state index in [-0.39, 0.29) is 24.2 Å². The Kier molecular flexibility index (Phi) is 6.18. The van der Waals surface area contributed by atoms with E-state index >= 15 is 0 Å². The fourth-order valence-electron chi connectivity index (χ4n) is 2.31. The minimum absolute atomic E-state index is 0.180. The number of rotatable bonds is 5. The molecule has 0 fully saturated rings. The summed E-state index contributed by atoms with van der Waals surface area (Å²) < 4.78 is 0. The minimum Gasteiger partial charge on any atom is -0.273 e. The largest absolute Gasteiger partial charge is 0.273 e. The van der Waals surface area contributed by atoms with E-state index in [9.17, 15) is 9.59 Å². The number of halogens is 1. The summed E-state index contributed by atoms with van der Waals surface area (Å²) in [6.45, 7) is 1.94. The first-order valence-electron chi connectivity index (χ1n) is 7.48. The summed E-state index contributed by atoms with van der Waals surface area (Å²) in [5.41, 5.74) is 6.72. The van der Waals surface area contributed by atoms with Gasteiger partial charge in [-0.05, 0) is 29.7 Å². The Morgan fingerprint density at radius 3 is 2.26 bits per heavy atom. The van der Waals surface area contributed by atoms with Crippen LogP contribution in [0.3, 0.4) is 0 Å². The molecular weight excluding hydrogens is 312 g/mol. The van der Waals surface area contributed by atoms with Crippen molar-refractivity contribution in [1.82, 2.24) is 10.9 Å². The van der Waals surface area contributed by atoms with Crippen LogP contribution in [0.4, 0.5) is 0 Å². The van der Waals surface area contributed by atoms with Crippen LogP contribution in [0.2, 0.25) is 5.02 Å². The van der Waals surface area contributed by atoms with Crippen LogP contribution in [0, 0.1) is 0 Å². The van der Waals surface area contributed by atoms with Gasteiger partial charge in [0.15, 0.2) is 0 Å². The van der Waals surface area contributed by atoms with Gasteiger partial charge in [0, 0.05) is 5.02 Å². The first-order valence-corrected chi connectivity index (χ1v) is 7.86. The van der Waals surface area contributed by atoms with Gasteiger partial charge in [-0.15, -0.1) is 0 Å². The second-order valence-electron chi connectivity index (χ2n) is 5.21. The second kappa shape index (κ2) is 8.34. The number of carbonyl (C=O) groups excluding carboxylic acids is 2. The van der Waals surface area contributed by atoms with Crippen molar-refractivity contribution in [2.45, 2.75) is 25.7 Å². The average molecular weight is 331 g/mol. The Hall–Kier alpha value is -2.33. The number of hydrogen-bond donors (Lipinski definition) is 2. The van der Waals surface area contributed by atoms with Gasteiger partial charge >= 0.3 is 0 Å². The van der Waals surface area contributed by atoms with Gasteiger partial charge in [0.2, 0.25) is 11.8 Å². The van der Waals surface area contributed by atoms with Crippen LogP contribution in [0.15, 0.2) is 54.6 Å². The molecule has 2 N–H and O–H groups in total. The van der Waals surface area contributed by atoms with Gasteiger partial charge in [0.1, 0.15) is 0 Å². The van der Waals surface area contributed by atoms with Crippen molar-refractivity contribution in [3.63, 3.8) is 0 Å². The first-order chi connectivity index (χ1) is 11.1. The zero-order valence-corrected chi connectivity index (χ0v) is 13.6. The normalized spacial score (nSPS) is 11.6. The lowest BCUT2D eigenvalue weighted by molar-refractivity contribution is -0.129. The number of hydrogen-bond acceptors (Lipinski definition) is 2. The maximum Gasteiger partial charge on any atom is 0.245 e. The molecule has 0 aliphatic carbocycles. The molecule has 1 atom stereocenters.